The van der Waals surface area contributed by atoms with Crippen molar-refractivity contribution in [2.75, 3.05) is 5.32 Å². The number of halogens is 1. The Hall–Kier alpha value is -1.91. The minimum atomic E-state index is -1.19. The summed E-state index contributed by atoms with van der Waals surface area (Å²) in [6, 6.07) is 3.26. The van der Waals surface area contributed by atoms with E-state index in [1.165, 1.54) is 0 Å². The van der Waals surface area contributed by atoms with Crippen molar-refractivity contribution in [2.24, 2.45) is 5.41 Å². The number of carbonyl (C=O) groups is 2. The van der Waals surface area contributed by atoms with Crippen molar-refractivity contribution in [2.45, 2.75) is 32.6 Å². The van der Waals surface area contributed by atoms with E-state index in [4.69, 9.17) is 5.11 Å². The van der Waals surface area contributed by atoms with Gasteiger partial charge in [0.2, 0.25) is 5.91 Å². The lowest BCUT2D eigenvalue weighted by Crippen LogP contribution is -2.31. The van der Waals surface area contributed by atoms with Gasteiger partial charge in [-0.05, 0) is 31.0 Å². The maximum Gasteiger partial charge on any atom is 0.337 e. The van der Waals surface area contributed by atoms with E-state index < -0.39 is 17.2 Å². The lowest BCUT2D eigenvalue weighted by molar-refractivity contribution is -0.124. The van der Waals surface area contributed by atoms with Gasteiger partial charge in [0.25, 0.3) is 0 Å². The average Bonchev–Trinajstić information content (AvgIpc) is 2.77. The maximum absolute atomic E-state index is 13.2. The molecule has 19 heavy (non-hydrogen) atoms. The second-order valence-electron chi connectivity index (χ2n) is 5.22. The SMILES string of the molecule is CC1(C(=O)Nc2cc(F)ccc2C(=O)O)CCCC1. The number of hydrogen-bond acceptors (Lipinski definition) is 2. The molecule has 1 aromatic rings. The minimum absolute atomic E-state index is 0.0191. The number of aromatic carboxylic acids is 1. The van der Waals surface area contributed by atoms with Crippen LogP contribution in [0.5, 0.6) is 0 Å². The van der Waals surface area contributed by atoms with E-state index in [1.54, 1.807) is 0 Å². The van der Waals surface area contributed by atoms with Crippen LogP contribution in [0.3, 0.4) is 0 Å². The average molecular weight is 265 g/mol. The fourth-order valence-corrected chi connectivity index (χ4v) is 2.46. The van der Waals surface area contributed by atoms with Gasteiger partial charge in [-0.2, -0.15) is 0 Å². The first-order chi connectivity index (χ1) is 8.92. The summed E-state index contributed by atoms with van der Waals surface area (Å²) in [5, 5.41) is 11.6. The summed E-state index contributed by atoms with van der Waals surface area (Å²) >= 11 is 0. The molecule has 0 saturated heterocycles. The van der Waals surface area contributed by atoms with Gasteiger partial charge in [0.15, 0.2) is 0 Å². The van der Waals surface area contributed by atoms with Crippen molar-refractivity contribution in [1.82, 2.24) is 0 Å². The van der Waals surface area contributed by atoms with Crippen LogP contribution in [0.2, 0.25) is 0 Å². The molecule has 1 aromatic carbocycles. The Morgan fingerprint density at radius 2 is 1.95 bits per heavy atom. The van der Waals surface area contributed by atoms with Gasteiger partial charge in [0.1, 0.15) is 5.82 Å². The molecule has 0 spiro atoms. The van der Waals surface area contributed by atoms with Crippen LogP contribution < -0.4 is 5.32 Å². The molecule has 1 aliphatic rings. The highest BCUT2D eigenvalue weighted by molar-refractivity contribution is 6.02. The molecule has 0 radical (unpaired) electrons. The first kappa shape index (κ1) is 13.5. The Kier molecular flexibility index (Phi) is 3.55. The number of carboxylic acid groups (broad SMARTS) is 1. The predicted molar refractivity (Wildman–Crippen MR) is 68.6 cm³/mol. The van der Waals surface area contributed by atoms with Gasteiger partial charge < -0.3 is 10.4 Å². The lowest BCUT2D eigenvalue weighted by Gasteiger charge is -2.22. The fraction of sp³-hybridized carbons (Fsp3) is 0.429. The van der Waals surface area contributed by atoms with Crippen LogP contribution >= 0.6 is 0 Å². The topological polar surface area (TPSA) is 66.4 Å². The highest BCUT2D eigenvalue weighted by atomic mass is 19.1. The summed E-state index contributed by atoms with van der Waals surface area (Å²) in [5.74, 6) is -2.00. The Bertz CT molecular complexity index is 521. The first-order valence-corrected chi connectivity index (χ1v) is 6.27. The van der Waals surface area contributed by atoms with E-state index in [9.17, 15) is 14.0 Å². The Balaban J connectivity index is 2.25. The van der Waals surface area contributed by atoms with Crippen molar-refractivity contribution in [3.05, 3.63) is 29.6 Å². The molecule has 1 saturated carbocycles. The molecule has 2 rings (SSSR count). The Morgan fingerprint density at radius 3 is 2.53 bits per heavy atom. The number of hydrogen-bond donors (Lipinski definition) is 2. The van der Waals surface area contributed by atoms with E-state index >= 15 is 0 Å². The van der Waals surface area contributed by atoms with Gasteiger partial charge in [-0.1, -0.05) is 19.8 Å². The second kappa shape index (κ2) is 4.99. The van der Waals surface area contributed by atoms with Crippen LogP contribution in [0.1, 0.15) is 43.0 Å². The molecular formula is C14H16FNO3. The smallest absolute Gasteiger partial charge is 0.337 e. The van der Waals surface area contributed by atoms with Gasteiger partial charge >= 0.3 is 5.97 Å². The predicted octanol–water partition coefficient (Wildman–Crippen LogP) is 3.04. The molecular weight excluding hydrogens is 249 g/mol. The van der Waals surface area contributed by atoms with E-state index in [0.29, 0.717) is 0 Å². The largest absolute Gasteiger partial charge is 0.478 e. The normalized spacial score (nSPS) is 17.2. The molecule has 102 valence electrons. The molecule has 0 heterocycles. The summed E-state index contributed by atoms with van der Waals surface area (Å²) in [6.45, 7) is 1.86. The van der Waals surface area contributed by atoms with Gasteiger partial charge in [0, 0.05) is 5.41 Å². The third-order valence-electron chi connectivity index (χ3n) is 3.72. The molecule has 4 nitrogen and oxygen atoms in total. The molecule has 1 amide bonds. The van der Waals surface area contributed by atoms with Crippen molar-refractivity contribution < 1.29 is 19.1 Å². The van der Waals surface area contributed by atoms with Crippen LogP contribution in [0.4, 0.5) is 10.1 Å². The van der Waals surface area contributed by atoms with Crippen LogP contribution in [-0.4, -0.2) is 17.0 Å². The maximum atomic E-state index is 13.2. The summed E-state index contributed by atoms with van der Waals surface area (Å²) < 4.78 is 13.2. The molecule has 0 bridgehead atoms. The van der Waals surface area contributed by atoms with Crippen LogP contribution in [-0.2, 0) is 4.79 Å². The van der Waals surface area contributed by atoms with Crippen LogP contribution in [0, 0.1) is 11.2 Å². The van der Waals surface area contributed by atoms with Gasteiger partial charge in [-0.3, -0.25) is 4.79 Å². The molecule has 2 N–H and O–H groups in total. The summed E-state index contributed by atoms with van der Waals surface area (Å²) in [7, 11) is 0. The van der Waals surface area contributed by atoms with Crippen LogP contribution in [0.25, 0.3) is 0 Å². The van der Waals surface area contributed by atoms with E-state index in [2.05, 4.69) is 5.32 Å². The number of amides is 1. The van der Waals surface area contributed by atoms with Crippen molar-refractivity contribution in [1.29, 1.82) is 0 Å². The Labute approximate surface area is 110 Å². The quantitative estimate of drug-likeness (QED) is 0.882. The number of anilines is 1. The molecule has 0 aliphatic heterocycles. The van der Waals surface area contributed by atoms with E-state index in [0.717, 1.165) is 43.9 Å². The standard InChI is InChI=1S/C14H16FNO3/c1-14(6-2-3-7-14)13(19)16-11-8-9(15)4-5-10(11)12(17)18/h4-5,8H,2-3,6-7H2,1H3,(H,16,19)(H,17,18). The van der Waals surface area contributed by atoms with Gasteiger partial charge in [-0.15, -0.1) is 0 Å². The zero-order chi connectivity index (χ0) is 14.0. The fourth-order valence-electron chi connectivity index (χ4n) is 2.46. The monoisotopic (exact) mass is 265 g/mol. The third-order valence-corrected chi connectivity index (χ3v) is 3.72. The molecule has 0 aromatic heterocycles. The highest BCUT2D eigenvalue weighted by Gasteiger charge is 2.36. The second-order valence-corrected chi connectivity index (χ2v) is 5.22. The summed E-state index contributed by atoms with van der Waals surface area (Å²) in [6.07, 6.45) is 3.52. The first-order valence-electron chi connectivity index (χ1n) is 6.27. The lowest BCUT2D eigenvalue weighted by atomic mass is 9.87. The third kappa shape index (κ3) is 2.75. The number of carboxylic acids is 1. The number of benzene rings is 1. The molecule has 1 fully saturated rings. The summed E-state index contributed by atoms with van der Waals surface area (Å²) in [4.78, 5) is 23.2. The molecule has 5 heteroatoms. The van der Waals surface area contributed by atoms with E-state index in [1.807, 2.05) is 6.92 Å². The van der Waals surface area contributed by atoms with Crippen LogP contribution in [0.15, 0.2) is 18.2 Å². The number of nitrogens with one attached hydrogen (secondary N) is 1. The number of carbonyl (C=O) groups excluding carboxylic acids is 1. The number of rotatable bonds is 3. The van der Waals surface area contributed by atoms with Crippen molar-refractivity contribution in [3.63, 3.8) is 0 Å². The zero-order valence-corrected chi connectivity index (χ0v) is 10.7. The summed E-state index contributed by atoms with van der Waals surface area (Å²) in [5.41, 5.74) is -0.566. The highest BCUT2D eigenvalue weighted by Crippen LogP contribution is 2.38. The van der Waals surface area contributed by atoms with Gasteiger partial charge in [-0.25, -0.2) is 9.18 Å². The molecule has 0 atom stereocenters. The minimum Gasteiger partial charge on any atom is -0.478 e. The Morgan fingerprint density at radius 1 is 1.32 bits per heavy atom. The van der Waals surface area contributed by atoms with E-state index in [-0.39, 0.29) is 17.2 Å². The van der Waals surface area contributed by atoms with Crippen molar-refractivity contribution >= 4 is 17.6 Å². The molecule has 1 aliphatic carbocycles. The molecule has 0 unspecified atom stereocenters. The van der Waals surface area contributed by atoms with Gasteiger partial charge in [0.05, 0.1) is 11.3 Å². The zero-order valence-electron chi connectivity index (χ0n) is 10.7. The van der Waals surface area contributed by atoms with Crippen molar-refractivity contribution in [3.8, 4) is 0 Å².